The molecule has 37 heavy (non-hydrogen) atoms. The Bertz CT molecular complexity index is 1230. The Labute approximate surface area is 221 Å². The van der Waals surface area contributed by atoms with Crippen molar-refractivity contribution in [1.29, 1.82) is 0 Å². The molecule has 0 aliphatic carbocycles. The zero-order chi connectivity index (χ0) is 27.0. The van der Waals surface area contributed by atoms with Gasteiger partial charge in [-0.1, -0.05) is 78.0 Å². The highest BCUT2D eigenvalue weighted by Crippen LogP contribution is 2.44. The van der Waals surface area contributed by atoms with Gasteiger partial charge in [-0.3, -0.25) is 4.90 Å². The fraction of sp³-hybridized carbons (Fsp3) is 0.484. The first-order valence-electron chi connectivity index (χ1n) is 13.6. The van der Waals surface area contributed by atoms with Crippen LogP contribution in [0.2, 0.25) is 16.6 Å². The molecule has 0 saturated carbocycles. The van der Waals surface area contributed by atoms with E-state index in [4.69, 9.17) is 0 Å². The van der Waals surface area contributed by atoms with Crippen molar-refractivity contribution in [3.8, 4) is 0 Å². The summed E-state index contributed by atoms with van der Waals surface area (Å²) in [6, 6.07) is 14.7. The Morgan fingerprint density at radius 1 is 0.892 bits per heavy atom. The summed E-state index contributed by atoms with van der Waals surface area (Å²) in [5.74, 6) is 0. The average molecular weight is 527 g/mol. The van der Waals surface area contributed by atoms with Gasteiger partial charge in [-0.2, -0.15) is 13.2 Å². The molecule has 0 atom stereocenters. The molecule has 1 aliphatic heterocycles. The van der Waals surface area contributed by atoms with E-state index in [-0.39, 0.29) is 0 Å². The van der Waals surface area contributed by atoms with Crippen molar-refractivity contribution < 1.29 is 13.2 Å². The third kappa shape index (κ3) is 5.33. The molecule has 0 spiro atoms. The highest BCUT2D eigenvalue weighted by Gasteiger charge is 2.45. The zero-order valence-electron chi connectivity index (χ0n) is 23.1. The number of alkyl halides is 3. The maximum Gasteiger partial charge on any atom is 0.416 e. The van der Waals surface area contributed by atoms with Gasteiger partial charge in [0.2, 0.25) is 0 Å². The summed E-state index contributed by atoms with van der Waals surface area (Å²) >= 11 is 0. The number of rotatable bonds is 8. The average Bonchev–Trinajstić information content (AvgIpc) is 3.27. The molecular formula is C31H41F3N2Si. The summed E-state index contributed by atoms with van der Waals surface area (Å²) in [4.78, 5) is 2.42. The quantitative estimate of drug-likeness (QED) is 0.266. The molecule has 2 heterocycles. The standard InChI is InChI=1S/C31H41F3N2Si/c1-22(2)37(23(3)4,24(5)6)36-20-16-27-10-7-9-26(30(27)36)15-19-35-17-13-25(14-18-35)28-11-8-12-29(21-28)31(32,33)34/h7-13,16,20-24H,14-15,17-19H2,1-6H3. The van der Waals surface area contributed by atoms with E-state index in [1.165, 1.54) is 28.6 Å². The van der Waals surface area contributed by atoms with Crippen molar-refractivity contribution in [1.82, 2.24) is 9.13 Å². The van der Waals surface area contributed by atoms with Gasteiger partial charge in [0.05, 0.1) is 5.56 Å². The Balaban J connectivity index is 1.55. The molecule has 0 amide bonds. The molecule has 0 bridgehead atoms. The minimum atomic E-state index is -4.31. The lowest BCUT2D eigenvalue weighted by molar-refractivity contribution is -0.137. The number of benzene rings is 2. The summed E-state index contributed by atoms with van der Waals surface area (Å²) < 4.78 is 42.2. The Kier molecular flexibility index (Phi) is 8.10. The molecule has 0 saturated heterocycles. The largest absolute Gasteiger partial charge is 0.416 e. The van der Waals surface area contributed by atoms with Gasteiger partial charge in [0.1, 0.15) is 0 Å². The van der Waals surface area contributed by atoms with Crippen molar-refractivity contribution in [3.63, 3.8) is 0 Å². The van der Waals surface area contributed by atoms with Gasteiger partial charge in [-0.05, 0) is 75.9 Å². The van der Waals surface area contributed by atoms with Crippen LogP contribution in [0.25, 0.3) is 16.5 Å². The van der Waals surface area contributed by atoms with Crippen LogP contribution in [-0.2, 0) is 12.6 Å². The third-order valence-electron chi connectivity index (χ3n) is 8.54. The van der Waals surface area contributed by atoms with Crippen molar-refractivity contribution in [2.45, 2.75) is 77.2 Å². The molecule has 0 unspecified atom stereocenters. The van der Waals surface area contributed by atoms with Gasteiger partial charge < -0.3 is 4.23 Å². The van der Waals surface area contributed by atoms with Gasteiger partial charge in [0.25, 0.3) is 0 Å². The van der Waals surface area contributed by atoms with Crippen LogP contribution in [0.3, 0.4) is 0 Å². The van der Waals surface area contributed by atoms with E-state index in [1.807, 2.05) is 0 Å². The molecule has 4 rings (SSSR count). The van der Waals surface area contributed by atoms with E-state index < -0.39 is 20.0 Å². The molecule has 200 valence electrons. The number of para-hydroxylation sites is 1. The van der Waals surface area contributed by atoms with E-state index >= 15 is 0 Å². The van der Waals surface area contributed by atoms with Crippen LogP contribution in [0, 0.1) is 0 Å². The number of fused-ring (bicyclic) bond motifs is 1. The SMILES string of the molecule is CC(C)[Si](C(C)C)(C(C)C)n1ccc2cccc(CCN3CC=C(c4cccc(C(F)(F)F)c4)CC3)c21. The number of nitrogens with zero attached hydrogens (tertiary/aromatic N) is 2. The molecule has 1 aromatic heterocycles. The number of hydrogen-bond donors (Lipinski definition) is 0. The second-order valence-corrected chi connectivity index (χ2v) is 17.2. The number of hydrogen-bond acceptors (Lipinski definition) is 1. The normalized spacial score (nSPS) is 15.8. The lowest BCUT2D eigenvalue weighted by atomic mass is 9.97. The highest BCUT2D eigenvalue weighted by atomic mass is 28.3. The molecule has 6 heteroatoms. The van der Waals surface area contributed by atoms with Crippen LogP contribution in [0.5, 0.6) is 0 Å². The molecule has 0 radical (unpaired) electrons. The van der Waals surface area contributed by atoms with Crippen molar-refractivity contribution >= 4 is 24.7 Å². The monoisotopic (exact) mass is 526 g/mol. The van der Waals surface area contributed by atoms with Crippen molar-refractivity contribution in [2.75, 3.05) is 19.6 Å². The second-order valence-electron chi connectivity index (χ2n) is 11.5. The highest BCUT2D eigenvalue weighted by molar-refractivity contribution is 6.82. The minimum Gasteiger partial charge on any atom is -0.373 e. The summed E-state index contributed by atoms with van der Waals surface area (Å²) in [5, 5.41) is 1.32. The summed E-state index contributed by atoms with van der Waals surface area (Å²) in [6.07, 6.45) is 1.89. The van der Waals surface area contributed by atoms with E-state index in [2.05, 4.69) is 87.2 Å². The number of aromatic nitrogens is 1. The van der Waals surface area contributed by atoms with Crippen LogP contribution < -0.4 is 0 Å². The van der Waals surface area contributed by atoms with E-state index in [0.717, 1.165) is 44.1 Å². The molecule has 1 aliphatic rings. The maximum atomic E-state index is 13.2. The second kappa shape index (κ2) is 10.8. The van der Waals surface area contributed by atoms with Gasteiger partial charge in [0, 0.05) is 25.2 Å². The summed E-state index contributed by atoms with van der Waals surface area (Å²) in [7, 11) is -1.87. The molecular weight excluding hydrogens is 485 g/mol. The Morgan fingerprint density at radius 2 is 1.57 bits per heavy atom. The van der Waals surface area contributed by atoms with Gasteiger partial charge in [-0.15, -0.1) is 0 Å². The Hall–Kier alpha value is -2.31. The van der Waals surface area contributed by atoms with Crippen LogP contribution in [0.15, 0.2) is 60.8 Å². The van der Waals surface area contributed by atoms with Gasteiger partial charge in [0.15, 0.2) is 8.24 Å². The van der Waals surface area contributed by atoms with Crippen LogP contribution in [-0.4, -0.2) is 37.0 Å². The molecule has 2 nitrogen and oxygen atoms in total. The molecule has 0 N–H and O–H groups in total. The van der Waals surface area contributed by atoms with E-state index in [9.17, 15) is 13.2 Å². The van der Waals surface area contributed by atoms with Gasteiger partial charge in [-0.25, -0.2) is 0 Å². The van der Waals surface area contributed by atoms with Crippen molar-refractivity contribution in [2.24, 2.45) is 0 Å². The minimum absolute atomic E-state index is 0.576. The zero-order valence-corrected chi connectivity index (χ0v) is 24.1. The summed E-state index contributed by atoms with van der Waals surface area (Å²) in [5.41, 5.74) is 5.80. The van der Waals surface area contributed by atoms with Crippen LogP contribution in [0.4, 0.5) is 13.2 Å². The van der Waals surface area contributed by atoms with Crippen LogP contribution >= 0.6 is 0 Å². The van der Waals surface area contributed by atoms with E-state index in [0.29, 0.717) is 22.2 Å². The predicted octanol–water partition coefficient (Wildman–Crippen LogP) is 9.02. The van der Waals surface area contributed by atoms with E-state index in [1.54, 1.807) is 6.07 Å². The topological polar surface area (TPSA) is 8.17 Å². The maximum absolute atomic E-state index is 13.2. The fourth-order valence-corrected chi connectivity index (χ4v) is 13.6. The van der Waals surface area contributed by atoms with Gasteiger partial charge >= 0.3 is 6.18 Å². The van der Waals surface area contributed by atoms with Crippen LogP contribution in [0.1, 0.15) is 64.7 Å². The predicted molar refractivity (Wildman–Crippen MR) is 153 cm³/mol. The lowest BCUT2D eigenvalue weighted by Crippen LogP contribution is -2.51. The summed E-state index contributed by atoms with van der Waals surface area (Å²) in [6.45, 7) is 17.0. The Morgan fingerprint density at radius 3 is 2.16 bits per heavy atom. The lowest BCUT2D eigenvalue weighted by Gasteiger charge is -2.45. The van der Waals surface area contributed by atoms with Crippen molar-refractivity contribution in [3.05, 3.63) is 77.5 Å². The molecule has 2 aromatic carbocycles. The fourth-order valence-electron chi connectivity index (χ4n) is 6.98. The number of halogens is 3. The molecule has 0 fully saturated rings. The first kappa shape index (κ1) is 27.7. The molecule has 3 aromatic rings. The first-order valence-corrected chi connectivity index (χ1v) is 15.8. The first-order chi connectivity index (χ1) is 17.5. The third-order valence-corrected chi connectivity index (χ3v) is 15.3. The smallest absolute Gasteiger partial charge is 0.373 e.